The Morgan fingerprint density at radius 1 is 1.14 bits per heavy atom. The van der Waals surface area contributed by atoms with Gasteiger partial charge in [0.25, 0.3) is 0 Å². The third-order valence-corrected chi connectivity index (χ3v) is 3.97. The smallest absolute Gasteiger partial charge is 0.410 e. The number of carbonyl (C=O) groups excluding carboxylic acids is 1. The molecular weight excluding hydrogens is 270 g/mol. The fourth-order valence-corrected chi connectivity index (χ4v) is 2.81. The molecule has 0 aromatic carbocycles. The van der Waals surface area contributed by atoms with Gasteiger partial charge >= 0.3 is 6.09 Å². The Hall–Kier alpha value is -0.810. The molecule has 2 rings (SSSR count). The van der Waals surface area contributed by atoms with Crippen LogP contribution in [-0.2, 0) is 14.2 Å². The van der Waals surface area contributed by atoms with Gasteiger partial charge in [-0.3, -0.25) is 0 Å². The van der Waals surface area contributed by atoms with Crippen LogP contribution in [0.5, 0.6) is 0 Å². The zero-order valence-corrected chi connectivity index (χ0v) is 13.6. The van der Waals surface area contributed by atoms with Gasteiger partial charge in [0.15, 0.2) is 6.29 Å². The summed E-state index contributed by atoms with van der Waals surface area (Å²) < 4.78 is 16.6. The lowest BCUT2D eigenvalue weighted by atomic mass is 9.92. The molecule has 0 aromatic rings. The lowest BCUT2D eigenvalue weighted by Crippen LogP contribution is -2.41. The Morgan fingerprint density at radius 3 is 2.33 bits per heavy atom. The average molecular weight is 299 g/mol. The Balaban J connectivity index is 1.64. The molecule has 2 saturated heterocycles. The number of hydrogen-bond donors (Lipinski definition) is 0. The fourth-order valence-electron chi connectivity index (χ4n) is 2.81. The average Bonchev–Trinajstić information content (AvgIpc) is 2.45. The molecule has 1 amide bonds. The predicted molar refractivity (Wildman–Crippen MR) is 80.1 cm³/mol. The molecule has 2 fully saturated rings. The Kier molecular flexibility index (Phi) is 5.88. The summed E-state index contributed by atoms with van der Waals surface area (Å²) in [6, 6.07) is 0. The standard InChI is InChI=1S/C16H29NO4/c1-16(2,3)21-15(18)17-9-7-13(8-10-17)5-6-14-19-11-4-12-20-14/h13-14H,4-12H2,1-3H3. The molecule has 0 unspecified atom stereocenters. The maximum Gasteiger partial charge on any atom is 0.410 e. The van der Waals surface area contributed by atoms with Crippen LogP contribution in [-0.4, -0.2) is 49.2 Å². The van der Waals surface area contributed by atoms with Gasteiger partial charge in [0, 0.05) is 13.1 Å². The van der Waals surface area contributed by atoms with Gasteiger partial charge in [-0.1, -0.05) is 0 Å². The van der Waals surface area contributed by atoms with Crippen molar-refractivity contribution in [3.63, 3.8) is 0 Å². The van der Waals surface area contributed by atoms with Crippen LogP contribution in [0.25, 0.3) is 0 Å². The molecule has 0 bridgehead atoms. The molecule has 0 spiro atoms. The van der Waals surface area contributed by atoms with Crippen LogP contribution < -0.4 is 0 Å². The van der Waals surface area contributed by atoms with Crippen molar-refractivity contribution in [1.29, 1.82) is 0 Å². The summed E-state index contributed by atoms with van der Waals surface area (Å²) >= 11 is 0. The third kappa shape index (κ3) is 5.83. The topological polar surface area (TPSA) is 48.0 Å². The van der Waals surface area contributed by atoms with Gasteiger partial charge in [-0.25, -0.2) is 4.79 Å². The van der Waals surface area contributed by atoms with Crippen LogP contribution in [0.15, 0.2) is 0 Å². The van der Waals surface area contributed by atoms with E-state index in [9.17, 15) is 4.79 Å². The van der Waals surface area contributed by atoms with E-state index in [1.165, 1.54) is 0 Å². The molecule has 0 radical (unpaired) electrons. The van der Waals surface area contributed by atoms with Gasteiger partial charge in [-0.2, -0.15) is 0 Å². The fraction of sp³-hybridized carbons (Fsp3) is 0.938. The number of rotatable bonds is 3. The summed E-state index contributed by atoms with van der Waals surface area (Å²) in [5, 5.41) is 0. The van der Waals surface area contributed by atoms with Crippen LogP contribution in [0.3, 0.4) is 0 Å². The molecule has 2 aliphatic heterocycles. The summed E-state index contributed by atoms with van der Waals surface area (Å²) in [7, 11) is 0. The SMILES string of the molecule is CC(C)(C)OC(=O)N1CCC(CCC2OCCCO2)CC1. The van der Waals surface area contributed by atoms with Gasteiger partial charge in [-0.15, -0.1) is 0 Å². The largest absolute Gasteiger partial charge is 0.444 e. The minimum atomic E-state index is -0.413. The quantitative estimate of drug-likeness (QED) is 0.803. The minimum absolute atomic E-state index is 0.0114. The molecule has 0 aliphatic carbocycles. The lowest BCUT2D eigenvalue weighted by molar-refractivity contribution is -0.183. The van der Waals surface area contributed by atoms with Gasteiger partial charge in [0.05, 0.1) is 13.2 Å². The first-order valence-corrected chi connectivity index (χ1v) is 8.15. The van der Waals surface area contributed by atoms with Gasteiger partial charge in [0.1, 0.15) is 5.60 Å². The van der Waals surface area contributed by atoms with E-state index in [0.29, 0.717) is 5.92 Å². The summed E-state index contributed by atoms with van der Waals surface area (Å²) in [6.45, 7) is 8.95. The molecule has 5 heteroatoms. The first-order valence-electron chi connectivity index (χ1n) is 8.15. The number of amides is 1. The van der Waals surface area contributed by atoms with Crippen molar-refractivity contribution in [2.75, 3.05) is 26.3 Å². The predicted octanol–water partition coefficient (Wildman–Crippen LogP) is 3.18. The second-order valence-corrected chi connectivity index (χ2v) is 7.01. The van der Waals surface area contributed by atoms with Crippen molar-refractivity contribution in [3.05, 3.63) is 0 Å². The summed E-state index contributed by atoms with van der Waals surface area (Å²) in [6.07, 6.45) is 5.00. The van der Waals surface area contributed by atoms with E-state index >= 15 is 0 Å². The first-order chi connectivity index (χ1) is 9.94. The van der Waals surface area contributed by atoms with E-state index in [4.69, 9.17) is 14.2 Å². The molecule has 5 nitrogen and oxygen atoms in total. The maximum atomic E-state index is 12.0. The van der Waals surface area contributed by atoms with Crippen LogP contribution in [0.4, 0.5) is 4.79 Å². The van der Waals surface area contributed by atoms with E-state index < -0.39 is 5.60 Å². The number of nitrogens with zero attached hydrogens (tertiary/aromatic N) is 1. The highest BCUT2D eigenvalue weighted by atomic mass is 16.7. The second-order valence-electron chi connectivity index (χ2n) is 7.01. The van der Waals surface area contributed by atoms with Crippen molar-refractivity contribution < 1.29 is 19.0 Å². The number of hydrogen-bond acceptors (Lipinski definition) is 4. The molecule has 2 heterocycles. The molecule has 0 aromatic heterocycles. The van der Waals surface area contributed by atoms with Crippen LogP contribution >= 0.6 is 0 Å². The summed E-state index contributed by atoms with van der Waals surface area (Å²) in [5.41, 5.74) is -0.413. The summed E-state index contributed by atoms with van der Waals surface area (Å²) in [5.74, 6) is 0.665. The first kappa shape index (κ1) is 16.6. The highest BCUT2D eigenvalue weighted by Gasteiger charge is 2.27. The minimum Gasteiger partial charge on any atom is -0.444 e. The number of piperidine rings is 1. The van der Waals surface area contributed by atoms with Gasteiger partial charge < -0.3 is 19.1 Å². The van der Waals surface area contributed by atoms with Crippen molar-refractivity contribution >= 4 is 6.09 Å². The monoisotopic (exact) mass is 299 g/mol. The Bertz CT molecular complexity index is 326. The van der Waals surface area contributed by atoms with E-state index in [0.717, 1.165) is 58.4 Å². The van der Waals surface area contributed by atoms with Gasteiger partial charge in [-0.05, 0) is 58.8 Å². The lowest BCUT2D eigenvalue weighted by Gasteiger charge is -2.34. The van der Waals surface area contributed by atoms with Crippen LogP contribution in [0.2, 0.25) is 0 Å². The van der Waals surface area contributed by atoms with Crippen LogP contribution in [0.1, 0.15) is 52.9 Å². The normalized spacial score (nSPS) is 22.3. The highest BCUT2D eigenvalue weighted by molar-refractivity contribution is 5.68. The van der Waals surface area contributed by atoms with Crippen molar-refractivity contribution in [2.24, 2.45) is 5.92 Å². The zero-order chi connectivity index (χ0) is 15.3. The molecule has 0 N–H and O–H groups in total. The molecule has 0 saturated carbocycles. The van der Waals surface area contributed by atoms with Crippen LogP contribution in [0, 0.1) is 5.92 Å². The zero-order valence-electron chi connectivity index (χ0n) is 13.6. The van der Waals surface area contributed by atoms with E-state index in [1.807, 2.05) is 25.7 Å². The number of likely N-dealkylation sites (tertiary alicyclic amines) is 1. The Morgan fingerprint density at radius 2 is 1.76 bits per heavy atom. The summed E-state index contributed by atoms with van der Waals surface area (Å²) in [4.78, 5) is 13.8. The highest BCUT2D eigenvalue weighted by Crippen LogP contribution is 2.25. The third-order valence-electron chi connectivity index (χ3n) is 3.97. The van der Waals surface area contributed by atoms with E-state index in [2.05, 4.69) is 0 Å². The van der Waals surface area contributed by atoms with Crippen molar-refractivity contribution in [2.45, 2.75) is 64.8 Å². The van der Waals surface area contributed by atoms with E-state index in [-0.39, 0.29) is 12.4 Å². The van der Waals surface area contributed by atoms with E-state index in [1.54, 1.807) is 0 Å². The molecular formula is C16H29NO4. The van der Waals surface area contributed by atoms with Crippen molar-refractivity contribution in [3.8, 4) is 0 Å². The Labute approximate surface area is 127 Å². The molecule has 122 valence electrons. The maximum absolute atomic E-state index is 12.0. The molecule has 2 aliphatic rings. The van der Waals surface area contributed by atoms with Gasteiger partial charge in [0.2, 0.25) is 0 Å². The van der Waals surface area contributed by atoms with Crippen molar-refractivity contribution in [1.82, 2.24) is 4.90 Å². The molecule has 21 heavy (non-hydrogen) atoms. The number of carbonyl (C=O) groups is 1. The molecule has 0 atom stereocenters. The number of ether oxygens (including phenoxy) is 3. The second kappa shape index (κ2) is 7.45.